The maximum atomic E-state index is 13.2. The molecule has 2 saturated heterocycles. The fourth-order valence-corrected chi connectivity index (χ4v) is 5.74. The van der Waals surface area contributed by atoms with Gasteiger partial charge < -0.3 is 29.2 Å². The second kappa shape index (κ2) is 12.8. The number of hydrogen-bond donors (Lipinski definition) is 2. The number of ether oxygens (including phenoxy) is 2. The van der Waals surface area contributed by atoms with Gasteiger partial charge in [0.2, 0.25) is 5.91 Å². The molecule has 45 heavy (non-hydrogen) atoms. The maximum absolute atomic E-state index is 13.2. The van der Waals surface area contributed by atoms with Crippen LogP contribution in [0.5, 0.6) is 5.75 Å². The summed E-state index contributed by atoms with van der Waals surface area (Å²) < 4.78 is 45.4. The van der Waals surface area contributed by atoms with Crippen LogP contribution in [0.2, 0.25) is 0 Å². The number of imide groups is 1. The highest BCUT2D eigenvalue weighted by Crippen LogP contribution is 2.41. The first-order valence-electron chi connectivity index (χ1n) is 14.1. The molecule has 240 valence electrons. The molecular weight excluding hydrogens is 601 g/mol. The normalized spacial score (nSPS) is 18.4. The van der Waals surface area contributed by atoms with Crippen molar-refractivity contribution in [2.45, 2.75) is 25.2 Å². The summed E-state index contributed by atoms with van der Waals surface area (Å²) in [4.78, 5) is 51.4. The molecule has 2 N–H and O–H groups in total. The average molecular weight is 633 g/mol. The molecule has 12 nitrogen and oxygen atoms in total. The highest BCUT2D eigenvalue weighted by molar-refractivity contribution is 6.04. The van der Waals surface area contributed by atoms with Gasteiger partial charge in [-0.15, -0.1) is 0 Å². The van der Waals surface area contributed by atoms with Crippen LogP contribution in [0, 0.1) is 0 Å². The number of aromatic carboxylic acids is 1. The third kappa shape index (κ3) is 6.73. The number of aromatic nitrogens is 1. The first kappa shape index (κ1) is 31.8. The van der Waals surface area contributed by atoms with Crippen molar-refractivity contribution < 1.29 is 52.0 Å². The van der Waals surface area contributed by atoms with Crippen LogP contribution in [0.4, 0.5) is 18.0 Å². The summed E-state index contributed by atoms with van der Waals surface area (Å²) in [5.74, 6) is -3.62. The Morgan fingerprint density at radius 3 is 2.33 bits per heavy atom. The van der Waals surface area contributed by atoms with Crippen LogP contribution >= 0.6 is 0 Å². The van der Waals surface area contributed by atoms with Crippen molar-refractivity contribution in [3.63, 3.8) is 0 Å². The minimum atomic E-state index is -5.08. The molecule has 6 rings (SSSR count). The minimum Gasteiger partial charge on any atom is -0.492 e. The maximum Gasteiger partial charge on any atom is 0.490 e. The van der Waals surface area contributed by atoms with E-state index in [-0.39, 0.29) is 17.5 Å². The van der Waals surface area contributed by atoms with E-state index in [2.05, 4.69) is 9.47 Å². The summed E-state index contributed by atoms with van der Waals surface area (Å²) in [7, 11) is 1.54. The topological polar surface area (TPSA) is 142 Å². The van der Waals surface area contributed by atoms with Crippen molar-refractivity contribution in [2.24, 2.45) is 0 Å². The molecule has 1 aromatic heterocycles. The number of amides is 3. The SMILES string of the molecule is CN1C(=O)[C@@H]2CN(Cc3c2c2cc(OCCN4CCOCC4)ccc2n3Cc2ccc(C(=O)O)cc2)C1=O.O=C(O)C(F)(F)F. The van der Waals surface area contributed by atoms with Gasteiger partial charge in [0.15, 0.2) is 0 Å². The number of alkyl halides is 3. The highest BCUT2D eigenvalue weighted by atomic mass is 19.4. The van der Waals surface area contributed by atoms with Crippen LogP contribution in [0.25, 0.3) is 10.9 Å². The third-order valence-electron chi connectivity index (χ3n) is 8.03. The Kier molecular flexibility index (Phi) is 9.02. The van der Waals surface area contributed by atoms with Gasteiger partial charge in [-0.25, -0.2) is 14.4 Å². The van der Waals surface area contributed by atoms with Crippen molar-refractivity contribution in [1.82, 2.24) is 19.3 Å². The molecule has 2 bridgehead atoms. The summed E-state index contributed by atoms with van der Waals surface area (Å²) in [5, 5.41) is 17.3. The largest absolute Gasteiger partial charge is 0.492 e. The number of nitrogens with zero attached hydrogens (tertiary/aromatic N) is 4. The van der Waals surface area contributed by atoms with E-state index < -0.39 is 24.0 Å². The number of carbonyl (C=O) groups is 4. The molecule has 3 amide bonds. The second-order valence-corrected chi connectivity index (χ2v) is 10.8. The van der Waals surface area contributed by atoms with Gasteiger partial charge in [0, 0.05) is 56.4 Å². The van der Waals surface area contributed by atoms with E-state index in [0.29, 0.717) is 26.2 Å². The number of halogens is 3. The monoisotopic (exact) mass is 632 g/mol. The quantitative estimate of drug-likeness (QED) is 0.402. The second-order valence-electron chi connectivity index (χ2n) is 10.8. The number of aliphatic carboxylic acids is 1. The Morgan fingerprint density at radius 2 is 1.71 bits per heavy atom. The highest BCUT2D eigenvalue weighted by Gasteiger charge is 2.44. The Morgan fingerprint density at radius 1 is 1.04 bits per heavy atom. The number of carboxylic acid groups (broad SMARTS) is 2. The standard InChI is InChI=1S/C28H30N4O6.C2HF3O2/c1-29-26(33)22-16-31(28(29)36)17-24-25(22)21-14-20(38-13-10-30-8-11-37-12-9-30)6-7-23(21)32(24)15-18-2-4-19(5-3-18)27(34)35;3-2(4,5)1(6)7/h2-7,14,22H,8-13,15-17H2,1H3,(H,34,35);(H,6,7)/t22-;/m1./s1. The fourth-order valence-electron chi connectivity index (χ4n) is 5.74. The van der Waals surface area contributed by atoms with Gasteiger partial charge >= 0.3 is 24.1 Å². The molecule has 1 atom stereocenters. The van der Waals surface area contributed by atoms with Crippen LogP contribution in [0.1, 0.15) is 33.1 Å². The first-order valence-corrected chi connectivity index (χ1v) is 14.1. The van der Waals surface area contributed by atoms with Crippen LogP contribution in [-0.2, 0) is 27.4 Å². The average Bonchev–Trinajstić information content (AvgIpc) is 3.31. The lowest BCUT2D eigenvalue weighted by molar-refractivity contribution is -0.192. The Labute approximate surface area is 255 Å². The van der Waals surface area contributed by atoms with Gasteiger partial charge in [0.1, 0.15) is 12.4 Å². The van der Waals surface area contributed by atoms with Crippen LogP contribution < -0.4 is 4.74 Å². The third-order valence-corrected chi connectivity index (χ3v) is 8.03. The molecule has 0 saturated carbocycles. The van der Waals surface area contributed by atoms with E-state index >= 15 is 0 Å². The molecule has 3 aliphatic rings. The number of benzene rings is 2. The number of urea groups is 1. The lowest BCUT2D eigenvalue weighted by Gasteiger charge is -2.41. The molecule has 3 aliphatic heterocycles. The molecule has 0 aliphatic carbocycles. The van der Waals surface area contributed by atoms with E-state index in [4.69, 9.17) is 19.4 Å². The zero-order valence-electron chi connectivity index (χ0n) is 24.2. The summed E-state index contributed by atoms with van der Waals surface area (Å²) in [6.07, 6.45) is -5.08. The van der Waals surface area contributed by atoms with Gasteiger partial charge in [0.25, 0.3) is 0 Å². The zero-order chi connectivity index (χ0) is 32.5. The number of carboxylic acids is 2. The Bertz CT molecular complexity index is 1620. The van der Waals surface area contributed by atoms with Gasteiger partial charge in [-0.2, -0.15) is 13.2 Å². The van der Waals surface area contributed by atoms with E-state index in [1.165, 1.54) is 11.9 Å². The van der Waals surface area contributed by atoms with E-state index in [1.54, 1.807) is 29.2 Å². The van der Waals surface area contributed by atoms with Crippen molar-refractivity contribution in [2.75, 3.05) is 53.0 Å². The van der Waals surface area contributed by atoms with Gasteiger partial charge in [0.05, 0.1) is 31.2 Å². The van der Waals surface area contributed by atoms with Gasteiger partial charge in [-0.1, -0.05) is 12.1 Å². The molecule has 2 aromatic carbocycles. The number of fused-ring (bicyclic) bond motifs is 6. The Balaban J connectivity index is 0.000000515. The molecule has 2 fully saturated rings. The molecule has 3 aromatic rings. The zero-order valence-corrected chi connectivity index (χ0v) is 24.2. The smallest absolute Gasteiger partial charge is 0.490 e. The lowest BCUT2D eigenvalue weighted by atomic mass is 9.89. The molecule has 0 spiro atoms. The van der Waals surface area contributed by atoms with Crippen molar-refractivity contribution in [3.05, 3.63) is 64.8 Å². The number of likely N-dealkylation sites (N-methyl/N-ethyl adjacent to an activating group) is 1. The number of rotatable bonds is 7. The summed E-state index contributed by atoms with van der Waals surface area (Å²) in [5.41, 5.74) is 3.99. The molecule has 15 heteroatoms. The molecule has 4 heterocycles. The van der Waals surface area contributed by atoms with E-state index in [0.717, 1.165) is 66.3 Å². The van der Waals surface area contributed by atoms with Crippen LogP contribution in [-0.4, -0.2) is 113 Å². The summed E-state index contributed by atoms with van der Waals surface area (Å²) >= 11 is 0. The lowest BCUT2D eigenvalue weighted by Crippen LogP contribution is -2.56. The minimum absolute atomic E-state index is 0.198. The number of carbonyl (C=O) groups excluding carboxylic acids is 2. The predicted molar refractivity (Wildman–Crippen MR) is 152 cm³/mol. The molecule has 0 unspecified atom stereocenters. The van der Waals surface area contributed by atoms with Crippen molar-refractivity contribution in [3.8, 4) is 5.75 Å². The molecule has 0 radical (unpaired) electrons. The van der Waals surface area contributed by atoms with Gasteiger partial charge in [-0.05, 0) is 41.5 Å². The van der Waals surface area contributed by atoms with Gasteiger partial charge in [-0.3, -0.25) is 14.6 Å². The predicted octanol–water partition coefficient (Wildman–Crippen LogP) is 3.22. The Hall–Kier alpha value is -4.63. The number of morpholine rings is 1. The fraction of sp³-hybridized carbons (Fsp3) is 0.400. The summed E-state index contributed by atoms with van der Waals surface area (Å²) in [6.45, 7) is 5.91. The summed E-state index contributed by atoms with van der Waals surface area (Å²) in [6, 6.07) is 12.5. The number of hydrogen-bond acceptors (Lipinski definition) is 7. The van der Waals surface area contributed by atoms with E-state index in [9.17, 15) is 32.7 Å². The first-order chi connectivity index (χ1) is 21.3. The van der Waals surface area contributed by atoms with Crippen LogP contribution in [0.3, 0.4) is 0 Å². The van der Waals surface area contributed by atoms with Crippen LogP contribution in [0.15, 0.2) is 42.5 Å². The molecular formula is C30H31F3N4O8. The van der Waals surface area contributed by atoms with E-state index in [1.807, 2.05) is 18.2 Å². The van der Waals surface area contributed by atoms with Crippen molar-refractivity contribution in [1.29, 1.82) is 0 Å². The van der Waals surface area contributed by atoms with Crippen molar-refractivity contribution >= 4 is 34.8 Å².